The van der Waals surface area contributed by atoms with Crippen LogP contribution in [0.15, 0.2) is 52.5 Å². The molecule has 0 N–H and O–H groups in total. The van der Waals surface area contributed by atoms with Crippen molar-refractivity contribution in [3.63, 3.8) is 0 Å². The van der Waals surface area contributed by atoms with Crippen LogP contribution in [0.5, 0.6) is 0 Å². The Morgan fingerprint density at radius 3 is 2.24 bits per heavy atom. The molecule has 25 heavy (non-hydrogen) atoms. The van der Waals surface area contributed by atoms with E-state index in [2.05, 4.69) is 0 Å². The van der Waals surface area contributed by atoms with Gasteiger partial charge in [-0.3, -0.25) is 14.5 Å². The average Bonchev–Trinajstić information content (AvgIpc) is 3.07. The molecule has 0 aliphatic carbocycles. The molecule has 0 spiro atoms. The summed E-state index contributed by atoms with van der Waals surface area (Å²) in [5, 5.41) is 0. The Balaban J connectivity index is 2.03. The fourth-order valence-corrected chi connectivity index (χ4v) is 2.45. The monoisotopic (exact) mass is 339 g/mol. The number of para-hydroxylation sites is 1. The molecular weight excluding hydrogens is 322 g/mol. The van der Waals surface area contributed by atoms with E-state index in [1.54, 1.807) is 47.4 Å². The number of nitrogens with zero attached hydrogens (tertiary/aromatic N) is 3. The largest absolute Gasteiger partial charge is 0.441 e. The predicted octanol–water partition coefficient (Wildman–Crippen LogP) is 2.35. The van der Waals surface area contributed by atoms with Crippen LogP contribution < -0.4 is 9.80 Å². The first kappa shape index (κ1) is 16.5. The van der Waals surface area contributed by atoms with E-state index in [4.69, 9.17) is 4.42 Å². The van der Waals surface area contributed by atoms with Gasteiger partial charge in [-0.25, -0.2) is 9.69 Å². The minimum atomic E-state index is -0.688. The first-order valence-electron chi connectivity index (χ1n) is 7.60. The van der Waals surface area contributed by atoms with E-state index in [0.717, 1.165) is 9.80 Å². The number of amides is 4. The summed E-state index contributed by atoms with van der Waals surface area (Å²) in [6.45, 7) is 0. The standard InChI is InChI=1S/C18H17N3O4/c1-19(2)15-10-9-13(25-15)11-14-16(22)20(3)18(24)21(17(14)23)12-7-5-4-6-8-12/h4-11H,1-3H3/b14-11+. The van der Waals surface area contributed by atoms with Crippen LogP contribution in [-0.2, 0) is 9.59 Å². The number of carbonyl (C=O) groups excluding carboxylic acids is 3. The van der Waals surface area contributed by atoms with Gasteiger partial charge >= 0.3 is 6.03 Å². The van der Waals surface area contributed by atoms with Crippen molar-refractivity contribution in [2.24, 2.45) is 0 Å². The third-order valence-corrected chi connectivity index (χ3v) is 3.80. The van der Waals surface area contributed by atoms with Crippen molar-refractivity contribution < 1.29 is 18.8 Å². The Hall–Kier alpha value is -3.35. The van der Waals surface area contributed by atoms with Crippen LogP contribution in [-0.4, -0.2) is 43.9 Å². The second-order valence-electron chi connectivity index (χ2n) is 5.75. The number of barbiturate groups is 1. The van der Waals surface area contributed by atoms with Crippen LogP contribution in [0.25, 0.3) is 6.08 Å². The fraction of sp³-hybridized carbons (Fsp3) is 0.167. The molecular formula is C18H17N3O4. The van der Waals surface area contributed by atoms with Gasteiger partial charge in [0.1, 0.15) is 11.3 Å². The molecule has 3 rings (SSSR count). The number of furan rings is 1. The van der Waals surface area contributed by atoms with Crippen LogP contribution in [0.2, 0.25) is 0 Å². The number of benzene rings is 1. The summed E-state index contributed by atoms with van der Waals surface area (Å²) >= 11 is 0. The van der Waals surface area contributed by atoms with Gasteiger partial charge in [0, 0.05) is 27.2 Å². The number of imide groups is 2. The molecule has 7 heteroatoms. The molecule has 0 atom stereocenters. The molecule has 7 nitrogen and oxygen atoms in total. The van der Waals surface area contributed by atoms with Gasteiger partial charge in [0.25, 0.3) is 11.8 Å². The molecule has 0 saturated carbocycles. The Kier molecular flexibility index (Phi) is 4.14. The zero-order chi connectivity index (χ0) is 18.1. The summed E-state index contributed by atoms with van der Waals surface area (Å²) in [6.07, 6.45) is 1.36. The van der Waals surface area contributed by atoms with Gasteiger partial charge in [-0.05, 0) is 24.3 Å². The molecule has 0 bridgehead atoms. The molecule has 128 valence electrons. The number of likely N-dealkylation sites (N-methyl/N-ethyl adjacent to an activating group) is 1. The minimum Gasteiger partial charge on any atom is -0.441 e. The highest BCUT2D eigenvalue weighted by atomic mass is 16.4. The topological polar surface area (TPSA) is 74.1 Å². The Morgan fingerprint density at radius 2 is 1.64 bits per heavy atom. The molecule has 1 aromatic carbocycles. The summed E-state index contributed by atoms with van der Waals surface area (Å²) in [4.78, 5) is 41.2. The molecule has 1 aromatic heterocycles. The van der Waals surface area contributed by atoms with Crippen LogP contribution in [0.3, 0.4) is 0 Å². The smallest absolute Gasteiger partial charge is 0.338 e. The van der Waals surface area contributed by atoms with E-state index >= 15 is 0 Å². The molecule has 1 aliphatic heterocycles. The van der Waals surface area contributed by atoms with Gasteiger partial charge in [-0.2, -0.15) is 0 Å². The molecule has 2 heterocycles. The highest BCUT2D eigenvalue weighted by Crippen LogP contribution is 2.26. The lowest BCUT2D eigenvalue weighted by Gasteiger charge is -2.31. The molecule has 1 fully saturated rings. The zero-order valence-electron chi connectivity index (χ0n) is 14.1. The number of urea groups is 1. The van der Waals surface area contributed by atoms with Crippen LogP contribution in [0.1, 0.15) is 5.76 Å². The van der Waals surface area contributed by atoms with E-state index in [9.17, 15) is 14.4 Å². The lowest BCUT2D eigenvalue weighted by molar-refractivity contribution is -0.128. The van der Waals surface area contributed by atoms with Gasteiger partial charge in [-0.15, -0.1) is 0 Å². The van der Waals surface area contributed by atoms with Gasteiger partial charge < -0.3 is 9.32 Å². The molecule has 0 unspecified atom stereocenters. The number of carbonyl (C=O) groups is 3. The second-order valence-corrected chi connectivity index (χ2v) is 5.75. The van der Waals surface area contributed by atoms with Crippen LogP contribution >= 0.6 is 0 Å². The van der Waals surface area contributed by atoms with Crippen LogP contribution in [0.4, 0.5) is 16.4 Å². The van der Waals surface area contributed by atoms with Crippen molar-refractivity contribution in [1.29, 1.82) is 0 Å². The van der Waals surface area contributed by atoms with Gasteiger partial charge in [0.2, 0.25) is 0 Å². The SMILES string of the molecule is CN1C(=O)/C(=C\c2ccc(N(C)C)o2)C(=O)N(c2ccccc2)C1=O. The molecule has 2 aromatic rings. The second kappa shape index (κ2) is 6.27. The van der Waals surface area contributed by atoms with E-state index in [0.29, 0.717) is 17.3 Å². The number of hydrogen-bond donors (Lipinski definition) is 0. The highest BCUT2D eigenvalue weighted by molar-refractivity contribution is 6.38. The first-order valence-corrected chi connectivity index (χ1v) is 7.60. The first-order chi connectivity index (χ1) is 11.9. The summed E-state index contributed by atoms with van der Waals surface area (Å²) in [5.41, 5.74) is 0.266. The highest BCUT2D eigenvalue weighted by Gasteiger charge is 2.41. The summed E-state index contributed by atoms with van der Waals surface area (Å²) in [7, 11) is 4.97. The predicted molar refractivity (Wildman–Crippen MR) is 93.1 cm³/mol. The molecule has 4 amide bonds. The lowest BCUT2D eigenvalue weighted by atomic mass is 10.1. The third-order valence-electron chi connectivity index (χ3n) is 3.80. The number of hydrogen-bond acceptors (Lipinski definition) is 5. The summed E-state index contributed by atoms with van der Waals surface area (Å²) < 4.78 is 5.57. The molecule has 1 saturated heterocycles. The normalized spacial score (nSPS) is 16.8. The van der Waals surface area contributed by atoms with E-state index in [-0.39, 0.29) is 5.57 Å². The Bertz CT molecular complexity index is 867. The summed E-state index contributed by atoms with van der Waals surface area (Å²) in [6, 6.07) is 11.2. The number of anilines is 2. The average molecular weight is 339 g/mol. The van der Waals surface area contributed by atoms with Crippen molar-refractivity contribution in [3.8, 4) is 0 Å². The number of rotatable bonds is 3. The molecule has 0 radical (unpaired) electrons. The van der Waals surface area contributed by atoms with E-state index in [1.807, 2.05) is 14.1 Å². The van der Waals surface area contributed by atoms with E-state index in [1.165, 1.54) is 13.1 Å². The van der Waals surface area contributed by atoms with E-state index < -0.39 is 17.8 Å². The maximum Gasteiger partial charge on any atom is 0.338 e. The van der Waals surface area contributed by atoms with Crippen molar-refractivity contribution >= 4 is 35.5 Å². The van der Waals surface area contributed by atoms with Gasteiger partial charge in [0.05, 0.1) is 5.69 Å². The van der Waals surface area contributed by atoms with Crippen molar-refractivity contribution in [3.05, 3.63) is 53.8 Å². The minimum absolute atomic E-state index is 0.134. The third kappa shape index (κ3) is 2.91. The van der Waals surface area contributed by atoms with Gasteiger partial charge in [-0.1, -0.05) is 18.2 Å². The summed E-state index contributed by atoms with van der Waals surface area (Å²) in [5.74, 6) is -0.393. The fourth-order valence-electron chi connectivity index (χ4n) is 2.45. The Morgan fingerprint density at radius 1 is 0.960 bits per heavy atom. The molecule has 1 aliphatic rings. The van der Waals surface area contributed by atoms with Crippen molar-refractivity contribution in [2.45, 2.75) is 0 Å². The lowest BCUT2D eigenvalue weighted by Crippen LogP contribution is -2.55. The van der Waals surface area contributed by atoms with Crippen LogP contribution in [0, 0.1) is 0 Å². The van der Waals surface area contributed by atoms with Gasteiger partial charge in [0.15, 0.2) is 5.88 Å². The van der Waals surface area contributed by atoms with Crippen molar-refractivity contribution in [2.75, 3.05) is 30.9 Å². The Labute approximate surface area is 144 Å². The maximum atomic E-state index is 12.8. The quantitative estimate of drug-likeness (QED) is 0.634. The zero-order valence-corrected chi connectivity index (χ0v) is 14.1. The maximum absolute atomic E-state index is 12.8. The van der Waals surface area contributed by atoms with Crippen molar-refractivity contribution in [1.82, 2.24) is 4.90 Å².